The van der Waals surface area contributed by atoms with Crippen LogP contribution >= 0.6 is 0 Å². The first-order valence-corrected chi connectivity index (χ1v) is 5.91. The number of piperidine rings is 1. The maximum atomic E-state index is 10.8. The van der Waals surface area contributed by atoms with Gasteiger partial charge in [0.1, 0.15) is 0 Å². The minimum Gasteiger partial charge on any atom is -0.481 e. The van der Waals surface area contributed by atoms with Crippen LogP contribution in [0.5, 0.6) is 0 Å². The number of hydrogen-bond donors (Lipinski definition) is 2. The largest absolute Gasteiger partial charge is 0.481 e. The van der Waals surface area contributed by atoms with Gasteiger partial charge in [0.15, 0.2) is 0 Å². The Morgan fingerprint density at radius 1 is 1.56 bits per heavy atom. The molecule has 0 spiro atoms. The van der Waals surface area contributed by atoms with E-state index in [2.05, 4.69) is 10.2 Å². The average molecular weight is 230 g/mol. The van der Waals surface area contributed by atoms with Crippen LogP contribution in [-0.2, 0) is 9.53 Å². The van der Waals surface area contributed by atoms with Gasteiger partial charge in [0.2, 0.25) is 0 Å². The molecule has 1 heterocycles. The van der Waals surface area contributed by atoms with Crippen molar-refractivity contribution in [1.82, 2.24) is 10.2 Å². The first kappa shape index (κ1) is 13.4. The first-order chi connectivity index (χ1) is 7.74. The number of hydrogen-bond acceptors (Lipinski definition) is 4. The third-order valence-corrected chi connectivity index (χ3v) is 2.90. The Labute approximate surface area is 96.8 Å². The van der Waals surface area contributed by atoms with Crippen molar-refractivity contribution >= 4 is 5.97 Å². The highest BCUT2D eigenvalue weighted by molar-refractivity contribution is 5.70. The van der Waals surface area contributed by atoms with Gasteiger partial charge in [-0.25, -0.2) is 0 Å². The molecule has 0 saturated carbocycles. The van der Waals surface area contributed by atoms with Crippen LogP contribution in [0.2, 0.25) is 0 Å². The van der Waals surface area contributed by atoms with Gasteiger partial charge in [-0.2, -0.15) is 0 Å². The average Bonchev–Trinajstić information content (AvgIpc) is 2.29. The third kappa shape index (κ3) is 4.92. The van der Waals surface area contributed by atoms with Gasteiger partial charge < -0.3 is 20.1 Å². The van der Waals surface area contributed by atoms with Crippen molar-refractivity contribution in [3.63, 3.8) is 0 Å². The predicted octanol–water partition coefficient (Wildman–Crippen LogP) is 0.0190. The molecular weight excluding hydrogens is 208 g/mol. The van der Waals surface area contributed by atoms with Gasteiger partial charge in [-0.05, 0) is 26.4 Å². The molecule has 1 fully saturated rings. The molecule has 0 unspecified atom stereocenters. The number of likely N-dealkylation sites (N-methyl/N-ethyl adjacent to an activating group) is 1. The Bertz CT molecular complexity index is 211. The highest BCUT2D eigenvalue weighted by atomic mass is 16.5. The highest BCUT2D eigenvalue weighted by Crippen LogP contribution is 2.15. The van der Waals surface area contributed by atoms with Gasteiger partial charge in [0.25, 0.3) is 0 Å². The Morgan fingerprint density at radius 3 is 3.06 bits per heavy atom. The summed E-state index contributed by atoms with van der Waals surface area (Å²) in [4.78, 5) is 13.0. The van der Waals surface area contributed by atoms with Gasteiger partial charge >= 0.3 is 5.97 Å². The zero-order valence-electron chi connectivity index (χ0n) is 9.95. The van der Waals surface area contributed by atoms with E-state index in [-0.39, 0.29) is 5.92 Å². The molecule has 1 atom stereocenters. The fourth-order valence-corrected chi connectivity index (χ4v) is 1.93. The second kappa shape index (κ2) is 7.60. The number of ether oxygens (including phenoxy) is 1. The predicted molar refractivity (Wildman–Crippen MR) is 61.5 cm³/mol. The second-order valence-corrected chi connectivity index (χ2v) is 4.19. The zero-order valence-corrected chi connectivity index (χ0v) is 9.95. The van der Waals surface area contributed by atoms with Crippen molar-refractivity contribution in [2.24, 2.45) is 5.92 Å². The van der Waals surface area contributed by atoms with E-state index in [1.807, 2.05) is 7.05 Å². The lowest BCUT2D eigenvalue weighted by molar-refractivity contribution is -0.143. The van der Waals surface area contributed by atoms with E-state index in [4.69, 9.17) is 9.84 Å². The van der Waals surface area contributed by atoms with E-state index in [1.54, 1.807) is 0 Å². The molecule has 0 aromatic carbocycles. The van der Waals surface area contributed by atoms with Crippen LogP contribution in [0.3, 0.4) is 0 Å². The smallest absolute Gasteiger partial charge is 0.307 e. The monoisotopic (exact) mass is 230 g/mol. The van der Waals surface area contributed by atoms with Crippen molar-refractivity contribution in [1.29, 1.82) is 0 Å². The minimum atomic E-state index is -0.666. The summed E-state index contributed by atoms with van der Waals surface area (Å²) in [5, 5.41) is 11.9. The van der Waals surface area contributed by atoms with Crippen LogP contribution in [0, 0.1) is 5.92 Å². The van der Waals surface area contributed by atoms with Gasteiger partial charge in [0.05, 0.1) is 19.1 Å². The standard InChI is InChI=1S/C11H22N2O3/c1-12-4-7-16-8-6-13-5-2-3-10(9-13)11(14)15/h10,12H,2-9H2,1H3,(H,14,15)/t10-/m0/s1. The summed E-state index contributed by atoms with van der Waals surface area (Å²) >= 11 is 0. The van der Waals surface area contributed by atoms with E-state index in [0.29, 0.717) is 19.8 Å². The zero-order chi connectivity index (χ0) is 11.8. The Balaban J connectivity index is 2.10. The fraction of sp³-hybridized carbons (Fsp3) is 0.909. The molecule has 1 aliphatic heterocycles. The van der Waals surface area contributed by atoms with E-state index >= 15 is 0 Å². The van der Waals surface area contributed by atoms with Crippen LogP contribution in [-0.4, -0.2) is 62.4 Å². The molecule has 0 aromatic rings. The van der Waals surface area contributed by atoms with Gasteiger partial charge in [-0.1, -0.05) is 0 Å². The van der Waals surface area contributed by atoms with Crippen LogP contribution in [0.25, 0.3) is 0 Å². The summed E-state index contributed by atoms with van der Waals surface area (Å²) < 4.78 is 5.42. The quantitative estimate of drug-likeness (QED) is 0.604. The van der Waals surface area contributed by atoms with E-state index in [0.717, 1.165) is 32.5 Å². The first-order valence-electron chi connectivity index (χ1n) is 5.91. The Kier molecular flexibility index (Phi) is 6.37. The number of nitrogens with zero attached hydrogens (tertiary/aromatic N) is 1. The molecule has 1 rings (SSSR count). The second-order valence-electron chi connectivity index (χ2n) is 4.19. The summed E-state index contributed by atoms with van der Waals surface area (Å²) in [6.07, 6.45) is 1.79. The van der Waals surface area contributed by atoms with E-state index in [1.165, 1.54) is 0 Å². The molecule has 16 heavy (non-hydrogen) atoms. The molecule has 0 radical (unpaired) electrons. The lowest BCUT2D eigenvalue weighted by Crippen LogP contribution is -2.40. The highest BCUT2D eigenvalue weighted by Gasteiger charge is 2.24. The van der Waals surface area contributed by atoms with E-state index in [9.17, 15) is 4.79 Å². The van der Waals surface area contributed by atoms with Gasteiger partial charge in [-0.3, -0.25) is 4.79 Å². The van der Waals surface area contributed by atoms with Crippen LogP contribution < -0.4 is 5.32 Å². The molecule has 5 nitrogen and oxygen atoms in total. The molecule has 0 aliphatic carbocycles. The van der Waals surface area contributed by atoms with Crippen molar-refractivity contribution in [3.8, 4) is 0 Å². The number of likely N-dealkylation sites (tertiary alicyclic amines) is 1. The lowest BCUT2D eigenvalue weighted by atomic mass is 9.98. The normalized spacial score (nSPS) is 22.2. The molecule has 94 valence electrons. The topological polar surface area (TPSA) is 61.8 Å². The SMILES string of the molecule is CNCCOCCN1CCC[C@H](C(=O)O)C1. The minimum absolute atomic E-state index is 0.189. The molecule has 0 amide bonds. The number of carbonyl (C=O) groups is 1. The number of rotatable bonds is 7. The number of carboxylic acids is 1. The molecule has 0 bridgehead atoms. The summed E-state index contributed by atoms with van der Waals surface area (Å²) in [5.74, 6) is -0.855. The van der Waals surface area contributed by atoms with Crippen molar-refractivity contribution in [3.05, 3.63) is 0 Å². The van der Waals surface area contributed by atoms with Crippen LogP contribution in [0.4, 0.5) is 0 Å². The van der Waals surface area contributed by atoms with Crippen LogP contribution in [0.1, 0.15) is 12.8 Å². The summed E-state index contributed by atoms with van der Waals surface area (Å²) in [6.45, 7) is 4.77. The summed E-state index contributed by atoms with van der Waals surface area (Å²) in [7, 11) is 1.89. The molecule has 1 saturated heterocycles. The maximum Gasteiger partial charge on any atom is 0.307 e. The van der Waals surface area contributed by atoms with Crippen molar-refractivity contribution in [2.75, 3.05) is 46.4 Å². The van der Waals surface area contributed by atoms with Crippen molar-refractivity contribution < 1.29 is 14.6 Å². The van der Waals surface area contributed by atoms with Gasteiger partial charge in [0, 0.05) is 19.6 Å². The van der Waals surface area contributed by atoms with Crippen molar-refractivity contribution in [2.45, 2.75) is 12.8 Å². The van der Waals surface area contributed by atoms with E-state index < -0.39 is 5.97 Å². The lowest BCUT2D eigenvalue weighted by Gasteiger charge is -2.30. The Hall–Kier alpha value is -0.650. The van der Waals surface area contributed by atoms with Gasteiger partial charge in [-0.15, -0.1) is 0 Å². The third-order valence-electron chi connectivity index (χ3n) is 2.90. The molecule has 1 aliphatic rings. The Morgan fingerprint density at radius 2 is 2.38 bits per heavy atom. The number of aliphatic carboxylic acids is 1. The number of nitrogens with one attached hydrogen (secondary N) is 1. The number of carboxylic acid groups (broad SMARTS) is 1. The van der Waals surface area contributed by atoms with Crippen LogP contribution in [0.15, 0.2) is 0 Å². The fourth-order valence-electron chi connectivity index (χ4n) is 1.93. The summed E-state index contributed by atoms with van der Waals surface area (Å²) in [6, 6.07) is 0. The molecule has 0 aromatic heterocycles. The molecule has 2 N–H and O–H groups in total. The summed E-state index contributed by atoms with van der Waals surface area (Å²) in [5.41, 5.74) is 0. The molecule has 5 heteroatoms. The maximum absolute atomic E-state index is 10.8. The molecular formula is C11H22N2O3.